The van der Waals surface area contributed by atoms with Gasteiger partial charge in [0.25, 0.3) is 5.56 Å². The van der Waals surface area contributed by atoms with Crippen LogP contribution < -0.4 is 16.6 Å². The van der Waals surface area contributed by atoms with Crippen LogP contribution in [0.4, 0.5) is 5.69 Å². The zero-order valence-electron chi connectivity index (χ0n) is 11.3. The number of hydrogen-bond acceptors (Lipinski definition) is 4. The number of ketones is 1. The molecule has 20 heavy (non-hydrogen) atoms. The topological polar surface area (TPSA) is 73.1 Å². The summed E-state index contributed by atoms with van der Waals surface area (Å²) < 4.78 is 2.15. The average molecular weight is 273 g/mol. The minimum atomic E-state index is -0.576. The molecule has 2 aromatic rings. The molecular weight excluding hydrogens is 258 g/mol. The zero-order chi connectivity index (χ0) is 14.7. The van der Waals surface area contributed by atoms with Gasteiger partial charge >= 0.3 is 5.69 Å². The Balaban J connectivity index is 2.23. The van der Waals surface area contributed by atoms with Crippen molar-refractivity contribution < 1.29 is 4.79 Å². The summed E-state index contributed by atoms with van der Waals surface area (Å²) in [7, 11) is 2.86. The van der Waals surface area contributed by atoms with Crippen LogP contribution in [0.25, 0.3) is 0 Å². The summed E-state index contributed by atoms with van der Waals surface area (Å²) in [5.74, 6) is -0.356. The van der Waals surface area contributed by atoms with E-state index in [-0.39, 0.29) is 17.9 Å². The highest BCUT2D eigenvalue weighted by Crippen LogP contribution is 2.04. The predicted molar refractivity (Wildman–Crippen MR) is 76.2 cm³/mol. The van der Waals surface area contributed by atoms with Crippen molar-refractivity contribution in [2.75, 3.05) is 11.9 Å². The van der Waals surface area contributed by atoms with Gasteiger partial charge in [0.2, 0.25) is 0 Å². The molecule has 0 aliphatic heterocycles. The Labute approximate surface area is 115 Å². The van der Waals surface area contributed by atoms with Gasteiger partial charge in [-0.05, 0) is 12.1 Å². The smallest absolute Gasteiger partial charge is 0.330 e. The molecule has 2 rings (SSSR count). The maximum atomic E-state index is 12.1. The number of aromatic nitrogens is 2. The lowest BCUT2D eigenvalue weighted by Gasteiger charge is -2.07. The van der Waals surface area contributed by atoms with E-state index in [0.29, 0.717) is 0 Å². The Morgan fingerprint density at radius 1 is 1.15 bits per heavy atom. The maximum absolute atomic E-state index is 12.1. The number of rotatable bonds is 4. The third-order valence-corrected chi connectivity index (χ3v) is 2.97. The van der Waals surface area contributed by atoms with E-state index in [1.807, 2.05) is 30.3 Å². The molecule has 0 amide bonds. The lowest BCUT2D eigenvalue weighted by Crippen LogP contribution is -2.40. The van der Waals surface area contributed by atoms with Crippen molar-refractivity contribution in [1.82, 2.24) is 9.13 Å². The number of carbonyl (C=O) groups excluding carboxylic acids is 1. The van der Waals surface area contributed by atoms with E-state index >= 15 is 0 Å². The molecule has 0 saturated heterocycles. The normalized spacial score (nSPS) is 10.3. The molecule has 1 aromatic heterocycles. The van der Waals surface area contributed by atoms with Gasteiger partial charge in [0.05, 0.1) is 6.54 Å². The summed E-state index contributed by atoms with van der Waals surface area (Å²) in [4.78, 5) is 35.5. The molecular formula is C14H15N3O3. The number of nitrogens with zero attached hydrogens (tertiary/aromatic N) is 2. The molecule has 1 aromatic carbocycles. The minimum absolute atomic E-state index is 0.00182. The van der Waals surface area contributed by atoms with Crippen molar-refractivity contribution in [3.05, 3.63) is 62.9 Å². The van der Waals surface area contributed by atoms with E-state index in [2.05, 4.69) is 5.32 Å². The van der Waals surface area contributed by atoms with Gasteiger partial charge in [0.15, 0.2) is 5.78 Å². The van der Waals surface area contributed by atoms with Gasteiger partial charge in [0.1, 0.15) is 5.56 Å². The fourth-order valence-corrected chi connectivity index (χ4v) is 1.83. The van der Waals surface area contributed by atoms with Crippen LogP contribution in [0.3, 0.4) is 0 Å². The van der Waals surface area contributed by atoms with Crippen LogP contribution in [-0.2, 0) is 14.1 Å². The third-order valence-electron chi connectivity index (χ3n) is 2.97. The predicted octanol–water partition coefficient (Wildman–Crippen LogP) is 0.379. The van der Waals surface area contributed by atoms with Gasteiger partial charge in [-0.25, -0.2) is 4.79 Å². The Bertz CT molecular complexity index is 744. The molecule has 0 aliphatic rings. The van der Waals surface area contributed by atoms with E-state index in [0.717, 1.165) is 10.3 Å². The molecule has 0 spiro atoms. The summed E-state index contributed by atoms with van der Waals surface area (Å²) in [6.07, 6.45) is 1.28. The molecule has 6 nitrogen and oxygen atoms in total. The van der Waals surface area contributed by atoms with Crippen molar-refractivity contribution in [3.8, 4) is 0 Å². The molecule has 1 N–H and O–H groups in total. The Hall–Kier alpha value is -2.63. The van der Waals surface area contributed by atoms with Gasteiger partial charge in [-0.1, -0.05) is 18.2 Å². The number of benzene rings is 1. The second kappa shape index (κ2) is 5.56. The van der Waals surface area contributed by atoms with Gasteiger partial charge in [-0.15, -0.1) is 0 Å². The van der Waals surface area contributed by atoms with Crippen LogP contribution >= 0.6 is 0 Å². The van der Waals surface area contributed by atoms with Crippen LogP contribution in [0.2, 0.25) is 0 Å². The number of aryl methyl sites for hydroxylation is 1. The molecule has 0 radical (unpaired) electrons. The summed E-state index contributed by atoms with van der Waals surface area (Å²) in [5.41, 5.74) is -0.240. The maximum Gasteiger partial charge on any atom is 0.330 e. The molecule has 0 atom stereocenters. The summed E-state index contributed by atoms with van der Waals surface area (Å²) in [6.45, 7) is -0.00252. The van der Waals surface area contributed by atoms with Crippen LogP contribution in [0.15, 0.2) is 46.1 Å². The van der Waals surface area contributed by atoms with E-state index in [1.165, 1.54) is 24.9 Å². The molecule has 0 fully saturated rings. The monoisotopic (exact) mass is 273 g/mol. The fourth-order valence-electron chi connectivity index (χ4n) is 1.83. The summed E-state index contributed by atoms with van der Waals surface area (Å²) in [5, 5.41) is 2.94. The van der Waals surface area contributed by atoms with Crippen LogP contribution in [-0.4, -0.2) is 21.5 Å². The summed E-state index contributed by atoms with van der Waals surface area (Å²) >= 11 is 0. The minimum Gasteiger partial charge on any atom is -0.378 e. The Kier molecular flexibility index (Phi) is 3.84. The lowest BCUT2D eigenvalue weighted by molar-refractivity contribution is 0.100. The fraction of sp³-hybridized carbons (Fsp3) is 0.214. The molecule has 0 unspecified atom stereocenters. The first-order valence-corrected chi connectivity index (χ1v) is 6.09. The highest BCUT2D eigenvalue weighted by molar-refractivity contribution is 5.98. The largest absolute Gasteiger partial charge is 0.378 e. The molecule has 1 heterocycles. The van der Waals surface area contributed by atoms with Gasteiger partial charge in [-0.3, -0.25) is 14.2 Å². The highest BCUT2D eigenvalue weighted by atomic mass is 16.2. The number of anilines is 1. The van der Waals surface area contributed by atoms with Crippen LogP contribution in [0, 0.1) is 0 Å². The van der Waals surface area contributed by atoms with Crippen LogP contribution in [0.1, 0.15) is 10.4 Å². The van der Waals surface area contributed by atoms with Crippen molar-refractivity contribution in [3.63, 3.8) is 0 Å². The van der Waals surface area contributed by atoms with E-state index in [4.69, 9.17) is 0 Å². The first-order valence-electron chi connectivity index (χ1n) is 6.09. The highest BCUT2D eigenvalue weighted by Gasteiger charge is 2.14. The van der Waals surface area contributed by atoms with Gasteiger partial charge in [-0.2, -0.15) is 0 Å². The molecule has 0 aliphatic carbocycles. The van der Waals surface area contributed by atoms with Crippen molar-refractivity contribution >= 4 is 11.5 Å². The number of nitrogens with one attached hydrogen (secondary N) is 1. The lowest BCUT2D eigenvalue weighted by atomic mass is 10.2. The summed E-state index contributed by atoms with van der Waals surface area (Å²) in [6, 6.07) is 9.21. The van der Waals surface area contributed by atoms with Gasteiger partial charge < -0.3 is 9.88 Å². The second-order valence-electron chi connectivity index (χ2n) is 4.44. The first-order chi connectivity index (χ1) is 9.50. The van der Waals surface area contributed by atoms with E-state index in [9.17, 15) is 14.4 Å². The average Bonchev–Trinajstić information content (AvgIpc) is 2.47. The second-order valence-corrected chi connectivity index (χ2v) is 4.44. The van der Waals surface area contributed by atoms with E-state index in [1.54, 1.807) is 0 Å². The van der Waals surface area contributed by atoms with E-state index < -0.39 is 11.2 Å². The Morgan fingerprint density at radius 3 is 2.45 bits per heavy atom. The SMILES string of the molecule is Cn1cc(C(=O)CNc2ccccc2)c(=O)n(C)c1=O. The Morgan fingerprint density at radius 2 is 1.80 bits per heavy atom. The number of para-hydroxylation sites is 1. The third kappa shape index (κ3) is 2.69. The van der Waals surface area contributed by atoms with Crippen molar-refractivity contribution in [1.29, 1.82) is 0 Å². The number of Topliss-reactive ketones (excluding diaryl/α,β-unsaturated/α-hetero) is 1. The first kappa shape index (κ1) is 13.8. The standard InChI is InChI=1S/C14H15N3O3/c1-16-9-11(13(19)17(2)14(16)20)12(18)8-15-10-6-4-3-5-7-10/h3-7,9,15H,8H2,1-2H3. The number of hydrogen-bond donors (Lipinski definition) is 1. The van der Waals surface area contributed by atoms with Gasteiger partial charge in [0, 0.05) is 26.0 Å². The van der Waals surface area contributed by atoms with Crippen molar-refractivity contribution in [2.24, 2.45) is 14.1 Å². The molecule has 104 valence electrons. The number of carbonyl (C=O) groups is 1. The molecule has 0 bridgehead atoms. The molecule has 6 heteroatoms. The van der Waals surface area contributed by atoms with Crippen molar-refractivity contribution in [2.45, 2.75) is 0 Å². The zero-order valence-corrected chi connectivity index (χ0v) is 11.3. The van der Waals surface area contributed by atoms with Crippen LogP contribution in [0.5, 0.6) is 0 Å². The quantitative estimate of drug-likeness (QED) is 0.817. The molecule has 0 saturated carbocycles.